The van der Waals surface area contributed by atoms with Crippen LogP contribution < -0.4 is 10.9 Å². The highest BCUT2D eigenvalue weighted by molar-refractivity contribution is 5.91. The van der Waals surface area contributed by atoms with Crippen molar-refractivity contribution in [3.63, 3.8) is 0 Å². The quantitative estimate of drug-likeness (QED) is 0.727. The van der Waals surface area contributed by atoms with Crippen molar-refractivity contribution in [2.24, 2.45) is 0 Å². The van der Waals surface area contributed by atoms with Crippen molar-refractivity contribution in [2.45, 2.75) is 6.92 Å². The van der Waals surface area contributed by atoms with Crippen molar-refractivity contribution >= 4 is 22.6 Å². The first-order valence-electron chi connectivity index (χ1n) is 5.95. The molecule has 20 heavy (non-hydrogen) atoms. The summed E-state index contributed by atoms with van der Waals surface area (Å²) in [6.45, 7) is 1.43. The summed E-state index contributed by atoms with van der Waals surface area (Å²) in [4.78, 5) is 29.5. The summed E-state index contributed by atoms with van der Waals surface area (Å²) in [6.07, 6.45) is 2.77. The van der Waals surface area contributed by atoms with Crippen LogP contribution in [0.2, 0.25) is 0 Å². The number of H-pyrrole nitrogens is 1. The highest BCUT2D eigenvalue weighted by Crippen LogP contribution is 2.21. The van der Waals surface area contributed by atoms with Gasteiger partial charge in [0, 0.05) is 6.92 Å². The van der Waals surface area contributed by atoms with Gasteiger partial charge in [-0.3, -0.25) is 9.59 Å². The fraction of sp³-hybridized carbons (Fsp3) is 0.0769. The molecule has 0 spiro atoms. The number of carbonyl (C=O) groups is 1. The van der Waals surface area contributed by atoms with Gasteiger partial charge in [-0.05, 0) is 12.1 Å². The molecule has 2 aromatic heterocycles. The normalized spacial score (nSPS) is 10.7. The van der Waals surface area contributed by atoms with Crippen molar-refractivity contribution in [2.75, 3.05) is 5.32 Å². The number of benzene rings is 1. The maximum atomic E-state index is 11.7. The number of hydrogen-bond donors (Lipinski definition) is 2. The van der Waals surface area contributed by atoms with Gasteiger partial charge in [0.05, 0.1) is 23.9 Å². The van der Waals surface area contributed by atoms with Crippen molar-refractivity contribution < 1.29 is 4.79 Å². The molecule has 0 fully saturated rings. The van der Waals surface area contributed by atoms with Crippen LogP contribution in [-0.2, 0) is 4.79 Å². The molecule has 0 unspecified atom stereocenters. The Morgan fingerprint density at radius 2 is 2.15 bits per heavy atom. The number of aromatic nitrogens is 4. The second kappa shape index (κ2) is 4.61. The van der Waals surface area contributed by atoms with E-state index in [0.717, 1.165) is 0 Å². The highest BCUT2D eigenvalue weighted by Gasteiger charge is 2.12. The van der Waals surface area contributed by atoms with Crippen molar-refractivity contribution in [1.29, 1.82) is 0 Å². The van der Waals surface area contributed by atoms with E-state index in [4.69, 9.17) is 0 Å². The third-order valence-corrected chi connectivity index (χ3v) is 2.81. The third kappa shape index (κ3) is 1.95. The minimum atomic E-state index is -0.252. The molecule has 0 saturated heterocycles. The van der Waals surface area contributed by atoms with E-state index in [-0.39, 0.29) is 11.5 Å². The molecule has 0 aliphatic rings. The average Bonchev–Trinajstić information content (AvgIpc) is 2.84. The Bertz CT molecular complexity index is 849. The third-order valence-electron chi connectivity index (χ3n) is 2.81. The molecule has 1 aromatic carbocycles. The number of para-hydroxylation sites is 2. The minimum Gasteiger partial charge on any atom is -0.324 e. The van der Waals surface area contributed by atoms with E-state index in [1.165, 1.54) is 24.1 Å². The SMILES string of the molecule is CC(=O)Nc1ccccc1-n1ncc2c(=O)[nH]cnc21. The number of hydrogen-bond acceptors (Lipinski definition) is 4. The summed E-state index contributed by atoms with van der Waals surface area (Å²) in [7, 11) is 0. The summed E-state index contributed by atoms with van der Waals surface area (Å²) >= 11 is 0. The zero-order valence-electron chi connectivity index (χ0n) is 10.6. The Morgan fingerprint density at radius 3 is 2.95 bits per heavy atom. The first-order valence-corrected chi connectivity index (χ1v) is 5.95. The molecule has 3 aromatic rings. The van der Waals surface area contributed by atoms with Gasteiger partial charge in [-0.2, -0.15) is 5.10 Å². The second-order valence-corrected chi connectivity index (χ2v) is 4.22. The molecule has 7 heteroatoms. The van der Waals surface area contributed by atoms with E-state index >= 15 is 0 Å². The lowest BCUT2D eigenvalue weighted by molar-refractivity contribution is -0.114. The van der Waals surface area contributed by atoms with E-state index < -0.39 is 0 Å². The summed E-state index contributed by atoms with van der Waals surface area (Å²) in [5, 5.41) is 7.30. The van der Waals surface area contributed by atoms with Gasteiger partial charge < -0.3 is 10.3 Å². The molecule has 0 bridgehead atoms. The first-order chi connectivity index (χ1) is 9.66. The van der Waals surface area contributed by atoms with Crippen LogP contribution in [0.4, 0.5) is 5.69 Å². The predicted molar refractivity (Wildman–Crippen MR) is 73.8 cm³/mol. The number of nitrogens with one attached hydrogen (secondary N) is 2. The van der Waals surface area contributed by atoms with Gasteiger partial charge in [-0.1, -0.05) is 12.1 Å². The summed E-state index contributed by atoms with van der Waals surface area (Å²) in [5.41, 5.74) is 1.44. The number of fused-ring (bicyclic) bond motifs is 1. The molecule has 2 heterocycles. The van der Waals surface area contributed by atoms with Crippen LogP contribution in [0.15, 0.2) is 41.6 Å². The molecule has 100 valence electrons. The Hall–Kier alpha value is -2.96. The van der Waals surface area contributed by atoms with Crippen molar-refractivity contribution in [3.8, 4) is 5.69 Å². The number of amides is 1. The van der Waals surface area contributed by atoms with Gasteiger partial charge in [0.25, 0.3) is 5.56 Å². The van der Waals surface area contributed by atoms with Crippen LogP contribution in [0.25, 0.3) is 16.7 Å². The van der Waals surface area contributed by atoms with Crippen LogP contribution in [-0.4, -0.2) is 25.7 Å². The first kappa shape index (κ1) is 12.1. The molecular weight excluding hydrogens is 258 g/mol. The molecule has 3 rings (SSSR count). The van der Waals surface area contributed by atoms with Gasteiger partial charge >= 0.3 is 0 Å². The number of anilines is 1. The lowest BCUT2D eigenvalue weighted by Crippen LogP contribution is -2.11. The van der Waals surface area contributed by atoms with Gasteiger partial charge in [-0.15, -0.1) is 0 Å². The maximum absolute atomic E-state index is 11.7. The summed E-state index contributed by atoms with van der Waals surface area (Å²) < 4.78 is 1.52. The zero-order chi connectivity index (χ0) is 14.1. The van der Waals surface area contributed by atoms with Crippen LogP contribution >= 0.6 is 0 Å². The van der Waals surface area contributed by atoms with Gasteiger partial charge in [-0.25, -0.2) is 9.67 Å². The lowest BCUT2D eigenvalue weighted by Gasteiger charge is -2.09. The van der Waals surface area contributed by atoms with Gasteiger partial charge in [0.2, 0.25) is 5.91 Å². The van der Waals surface area contributed by atoms with Crippen LogP contribution in [0.1, 0.15) is 6.92 Å². The monoisotopic (exact) mass is 269 g/mol. The zero-order valence-corrected chi connectivity index (χ0v) is 10.6. The second-order valence-electron chi connectivity index (χ2n) is 4.22. The van der Waals surface area contributed by atoms with E-state index in [2.05, 4.69) is 20.4 Å². The van der Waals surface area contributed by atoms with E-state index in [9.17, 15) is 9.59 Å². The van der Waals surface area contributed by atoms with E-state index in [1.807, 2.05) is 6.07 Å². The number of rotatable bonds is 2. The lowest BCUT2D eigenvalue weighted by atomic mass is 10.2. The molecular formula is C13H11N5O2. The minimum absolute atomic E-state index is 0.181. The number of aromatic amines is 1. The predicted octanol–water partition coefficient (Wildman–Crippen LogP) is 1.07. The van der Waals surface area contributed by atoms with Crippen LogP contribution in [0, 0.1) is 0 Å². The molecule has 0 radical (unpaired) electrons. The molecule has 0 atom stereocenters. The summed E-state index contributed by atoms with van der Waals surface area (Å²) in [6, 6.07) is 7.18. The van der Waals surface area contributed by atoms with Crippen LogP contribution in [0.3, 0.4) is 0 Å². The van der Waals surface area contributed by atoms with Crippen molar-refractivity contribution in [3.05, 3.63) is 47.1 Å². The Labute approximate surface area is 113 Å². The summed E-state index contributed by atoms with van der Waals surface area (Å²) in [5.74, 6) is -0.181. The van der Waals surface area contributed by atoms with Crippen LogP contribution in [0.5, 0.6) is 0 Å². The maximum Gasteiger partial charge on any atom is 0.261 e. The molecule has 2 N–H and O–H groups in total. The number of carbonyl (C=O) groups excluding carboxylic acids is 1. The fourth-order valence-electron chi connectivity index (χ4n) is 1.99. The van der Waals surface area contributed by atoms with E-state index in [1.54, 1.807) is 18.2 Å². The van der Waals surface area contributed by atoms with E-state index in [0.29, 0.717) is 22.4 Å². The molecule has 0 saturated carbocycles. The highest BCUT2D eigenvalue weighted by atomic mass is 16.1. The molecule has 0 aliphatic heterocycles. The van der Waals surface area contributed by atoms with Gasteiger partial charge in [0.15, 0.2) is 5.65 Å². The molecule has 0 aliphatic carbocycles. The fourth-order valence-corrected chi connectivity index (χ4v) is 1.99. The smallest absolute Gasteiger partial charge is 0.261 e. The van der Waals surface area contributed by atoms with Gasteiger partial charge in [0.1, 0.15) is 5.39 Å². The molecule has 1 amide bonds. The largest absolute Gasteiger partial charge is 0.324 e. The Morgan fingerprint density at radius 1 is 1.35 bits per heavy atom. The molecule has 7 nitrogen and oxygen atoms in total. The topological polar surface area (TPSA) is 92.7 Å². The standard InChI is InChI=1S/C13H11N5O2/c1-8(19)17-10-4-2-3-5-11(10)18-12-9(6-16-18)13(20)15-7-14-12/h2-7H,1H3,(H,17,19)(H,14,15,20). The van der Waals surface area contributed by atoms with Crippen molar-refractivity contribution in [1.82, 2.24) is 19.7 Å². The number of nitrogens with zero attached hydrogens (tertiary/aromatic N) is 3. The Kier molecular flexibility index (Phi) is 2.79. The average molecular weight is 269 g/mol. The Balaban J connectivity index is 2.24.